The lowest BCUT2D eigenvalue weighted by molar-refractivity contribution is -0.148. The molecule has 0 unspecified atom stereocenters. The highest BCUT2D eigenvalue weighted by molar-refractivity contribution is 5.86. The van der Waals surface area contributed by atoms with E-state index < -0.39 is 11.6 Å². The van der Waals surface area contributed by atoms with Gasteiger partial charge in [0.05, 0.1) is 7.11 Å². The summed E-state index contributed by atoms with van der Waals surface area (Å²) in [6, 6.07) is 0. The van der Waals surface area contributed by atoms with Gasteiger partial charge in [-0.15, -0.1) is 0 Å². The molecule has 0 saturated heterocycles. The number of carboxylic acid groups (broad SMARTS) is 1. The van der Waals surface area contributed by atoms with Gasteiger partial charge in [-0.1, -0.05) is 19.7 Å². The summed E-state index contributed by atoms with van der Waals surface area (Å²) in [7, 11) is 1.33. The predicted octanol–water partition coefficient (Wildman–Crippen LogP) is 2.90. The Morgan fingerprint density at radius 2 is 1.41 bits per heavy atom. The molecule has 6 nitrogen and oxygen atoms in total. The summed E-state index contributed by atoms with van der Waals surface area (Å²) in [5.74, 6) is -1.66. The predicted molar refractivity (Wildman–Crippen MR) is 85.3 cm³/mol. The minimum Gasteiger partial charge on any atom is -0.478 e. The van der Waals surface area contributed by atoms with Crippen molar-refractivity contribution >= 4 is 17.9 Å². The number of carboxylic acids is 1. The fourth-order valence-corrected chi connectivity index (χ4v) is 0.518. The maximum Gasteiger partial charge on any atom is 0.332 e. The first-order valence-electron chi connectivity index (χ1n) is 6.26. The van der Waals surface area contributed by atoms with Crippen molar-refractivity contribution in [3.8, 4) is 0 Å². The van der Waals surface area contributed by atoms with Gasteiger partial charge in [-0.05, 0) is 34.6 Å². The number of carbonyl (C=O) groups is 3. The Morgan fingerprint density at radius 1 is 1.05 bits per heavy atom. The third-order valence-corrected chi connectivity index (χ3v) is 1.47. The first-order chi connectivity index (χ1) is 9.78. The van der Waals surface area contributed by atoms with Crippen molar-refractivity contribution < 1.29 is 29.0 Å². The number of carbonyl (C=O) groups excluding carboxylic acids is 2. The number of ether oxygens (including phenoxy) is 2. The van der Waals surface area contributed by atoms with Crippen molar-refractivity contribution in [2.75, 3.05) is 7.11 Å². The Balaban J connectivity index is -0.000000252. The molecule has 0 bridgehead atoms. The Morgan fingerprint density at radius 3 is 1.45 bits per heavy atom. The highest BCUT2D eigenvalue weighted by Crippen LogP contribution is 2.06. The van der Waals surface area contributed by atoms with Gasteiger partial charge >= 0.3 is 17.9 Å². The van der Waals surface area contributed by atoms with E-state index in [1.54, 1.807) is 6.92 Å². The first-order valence-corrected chi connectivity index (χ1v) is 6.26. The maximum atomic E-state index is 10.5. The van der Waals surface area contributed by atoms with Crippen LogP contribution in [0.4, 0.5) is 0 Å². The molecule has 0 fully saturated rings. The SMILES string of the molecule is C=C(C)C(=O)O.C=C(C)C(=O)OC.C=CC(=O)OC(C)(C)C. The van der Waals surface area contributed by atoms with Crippen LogP contribution in [0.25, 0.3) is 0 Å². The van der Waals surface area contributed by atoms with E-state index in [0.717, 1.165) is 6.08 Å². The second kappa shape index (κ2) is 12.4. The van der Waals surface area contributed by atoms with Gasteiger partial charge < -0.3 is 14.6 Å². The van der Waals surface area contributed by atoms with Crippen LogP contribution in [0.15, 0.2) is 37.0 Å². The lowest BCUT2D eigenvalue weighted by atomic mass is 10.2. The topological polar surface area (TPSA) is 89.9 Å². The Kier molecular flexibility index (Phi) is 13.9. The molecule has 0 aromatic carbocycles. The van der Waals surface area contributed by atoms with Crippen LogP contribution in [0.5, 0.6) is 0 Å². The zero-order chi connectivity index (χ0) is 18.5. The van der Waals surface area contributed by atoms with E-state index in [4.69, 9.17) is 9.84 Å². The van der Waals surface area contributed by atoms with Crippen LogP contribution in [-0.2, 0) is 23.9 Å². The van der Waals surface area contributed by atoms with Crippen molar-refractivity contribution in [1.29, 1.82) is 0 Å². The molecule has 0 aliphatic carbocycles. The molecule has 0 spiro atoms. The summed E-state index contributed by atoms with van der Waals surface area (Å²) in [6.07, 6.45) is 1.16. The summed E-state index contributed by atoms with van der Waals surface area (Å²) < 4.78 is 9.10. The van der Waals surface area contributed by atoms with Crippen LogP contribution in [0.3, 0.4) is 0 Å². The molecule has 0 aliphatic heterocycles. The van der Waals surface area contributed by atoms with Crippen LogP contribution in [0.2, 0.25) is 0 Å². The van der Waals surface area contributed by atoms with E-state index in [1.807, 2.05) is 20.8 Å². The normalized spacial score (nSPS) is 8.82. The molecule has 0 aromatic rings. The number of hydrogen-bond donors (Lipinski definition) is 1. The van der Waals surface area contributed by atoms with Gasteiger partial charge in [0, 0.05) is 17.2 Å². The third-order valence-electron chi connectivity index (χ3n) is 1.47. The molecule has 0 atom stereocenters. The fourth-order valence-electron chi connectivity index (χ4n) is 0.518. The highest BCUT2D eigenvalue weighted by atomic mass is 16.6. The Labute approximate surface area is 132 Å². The summed E-state index contributed by atoms with van der Waals surface area (Å²) in [4.78, 5) is 30.3. The molecule has 1 N–H and O–H groups in total. The quantitative estimate of drug-likeness (QED) is 0.636. The number of hydrogen-bond acceptors (Lipinski definition) is 5. The Bertz CT molecular complexity index is 414. The standard InChI is InChI=1S/C7H12O2.C5H8O2.C4H6O2/c1-5-6(8)9-7(2,3)4;1-4(2)5(6)7-3;1-3(2)4(5)6/h5H,1H2,2-4H3;1H2,2-3H3;1H2,2H3,(H,5,6). The smallest absolute Gasteiger partial charge is 0.332 e. The van der Waals surface area contributed by atoms with E-state index in [1.165, 1.54) is 14.0 Å². The van der Waals surface area contributed by atoms with Gasteiger partial charge in [0.25, 0.3) is 0 Å². The monoisotopic (exact) mass is 314 g/mol. The van der Waals surface area contributed by atoms with E-state index in [0.29, 0.717) is 5.57 Å². The number of rotatable bonds is 3. The van der Waals surface area contributed by atoms with Gasteiger partial charge in [0.15, 0.2) is 0 Å². The van der Waals surface area contributed by atoms with Gasteiger partial charge in [0.2, 0.25) is 0 Å². The average molecular weight is 314 g/mol. The maximum absolute atomic E-state index is 10.5. The molecule has 0 rings (SSSR count). The molecule has 0 aliphatic rings. The zero-order valence-electron chi connectivity index (χ0n) is 14.2. The highest BCUT2D eigenvalue weighted by Gasteiger charge is 2.12. The summed E-state index contributed by atoms with van der Waals surface area (Å²) >= 11 is 0. The van der Waals surface area contributed by atoms with Crippen molar-refractivity contribution in [3.05, 3.63) is 37.0 Å². The molecule has 22 heavy (non-hydrogen) atoms. The molecular weight excluding hydrogens is 288 g/mol. The van der Waals surface area contributed by atoms with Crippen molar-refractivity contribution in [1.82, 2.24) is 0 Å². The summed E-state index contributed by atoms with van der Waals surface area (Å²) in [5.41, 5.74) is 0.211. The average Bonchev–Trinajstić information content (AvgIpc) is 2.36. The van der Waals surface area contributed by atoms with E-state index >= 15 is 0 Å². The fraction of sp³-hybridized carbons (Fsp3) is 0.438. The molecule has 0 saturated carbocycles. The van der Waals surface area contributed by atoms with Crippen LogP contribution < -0.4 is 0 Å². The van der Waals surface area contributed by atoms with Gasteiger partial charge in [0.1, 0.15) is 5.60 Å². The minimum atomic E-state index is -0.935. The van der Waals surface area contributed by atoms with Crippen LogP contribution in [0, 0.1) is 0 Å². The first kappa shape index (κ1) is 24.6. The molecule has 0 amide bonds. The molecule has 0 radical (unpaired) electrons. The number of esters is 2. The molecule has 126 valence electrons. The minimum absolute atomic E-state index is 0.176. The molecular formula is C16H26O6. The van der Waals surface area contributed by atoms with E-state index in [-0.39, 0.29) is 17.5 Å². The lowest BCUT2D eigenvalue weighted by Gasteiger charge is -2.17. The third kappa shape index (κ3) is 22.8. The summed E-state index contributed by atoms with van der Waals surface area (Å²) in [5, 5.41) is 7.89. The Hall–Kier alpha value is -2.37. The second-order valence-electron chi connectivity index (χ2n) is 5.09. The van der Waals surface area contributed by atoms with Crippen LogP contribution in [0.1, 0.15) is 34.6 Å². The van der Waals surface area contributed by atoms with Crippen LogP contribution in [-0.4, -0.2) is 35.7 Å². The molecule has 0 aromatic heterocycles. The lowest BCUT2D eigenvalue weighted by Crippen LogP contribution is -2.22. The van der Waals surface area contributed by atoms with Gasteiger partial charge in [-0.2, -0.15) is 0 Å². The van der Waals surface area contributed by atoms with Gasteiger partial charge in [-0.25, -0.2) is 14.4 Å². The van der Waals surface area contributed by atoms with Crippen molar-refractivity contribution in [2.45, 2.75) is 40.2 Å². The summed E-state index contributed by atoms with van der Waals surface area (Å²) in [6.45, 7) is 18.3. The number of aliphatic carboxylic acids is 1. The molecule has 0 heterocycles. The second-order valence-corrected chi connectivity index (χ2v) is 5.09. The van der Waals surface area contributed by atoms with Crippen molar-refractivity contribution in [3.63, 3.8) is 0 Å². The number of methoxy groups -OCH3 is 1. The van der Waals surface area contributed by atoms with Crippen molar-refractivity contribution in [2.24, 2.45) is 0 Å². The zero-order valence-corrected chi connectivity index (χ0v) is 14.2. The largest absolute Gasteiger partial charge is 0.478 e. The van der Waals surface area contributed by atoms with Crippen LogP contribution >= 0.6 is 0 Å². The van der Waals surface area contributed by atoms with E-state index in [2.05, 4.69) is 24.5 Å². The van der Waals surface area contributed by atoms with E-state index in [9.17, 15) is 14.4 Å². The van der Waals surface area contributed by atoms with Gasteiger partial charge in [-0.3, -0.25) is 0 Å². The molecule has 6 heteroatoms.